The molecule has 0 unspecified atom stereocenters. The number of hydrazine groups is 1. The summed E-state index contributed by atoms with van der Waals surface area (Å²) >= 11 is 0. The van der Waals surface area contributed by atoms with Crippen LogP contribution < -0.4 is 17.0 Å². The topological polar surface area (TPSA) is 107 Å². The van der Waals surface area contributed by atoms with Gasteiger partial charge in [-0.15, -0.1) is 0 Å². The number of nitrogen functional groups attached to an aromatic ring is 2. The first-order chi connectivity index (χ1) is 8.42. The van der Waals surface area contributed by atoms with Gasteiger partial charge >= 0.3 is 0 Å². The lowest BCUT2D eigenvalue weighted by Gasteiger charge is -2.20. The fourth-order valence-corrected chi connectivity index (χ4v) is 1.44. The molecule has 0 spiro atoms. The van der Waals surface area contributed by atoms with Gasteiger partial charge in [0, 0.05) is 5.41 Å². The van der Waals surface area contributed by atoms with E-state index in [1.807, 2.05) is 31.4 Å². The molecule has 1 heterocycles. The lowest BCUT2D eigenvalue weighted by molar-refractivity contribution is 0.0949. The molecule has 0 saturated carbocycles. The Morgan fingerprint density at radius 1 is 1.56 bits per heavy atom. The minimum absolute atomic E-state index is 0.0490. The van der Waals surface area contributed by atoms with Crippen LogP contribution in [-0.2, 0) is 5.41 Å². The van der Waals surface area contributed by atoms with Crippen LogP contribution in [0.1, 0.15) is 43.4 Å². The molecule has 0 aromatic carbocycles. The summed E-state index contributed by atoms with van der Waals surface area (Å²) in [5.41, 5.74) is 8.00. The van der Waals surface area contributed by atoms with Crippen LogP contribution in [0.4, 0.5) is 5.82 Å². The summed E-state index contributed by atoms with van der Waals surface area (Å²) in [7, 11) is 0. The number of rotatable bonds is 4. The number of anilines is 1. The Balaban J connectivity index is 3.19. The van der Waals surface area contributed by atoms with Crippen molar-refractivity contribution in [1.29, 1.82) is 0 Å². The number of carbonyl (C=O) groups excluding carboxylic acids is 1. The van der Waals surface area contributed by atoms with Crippen LogP contribution in [0.25, 0.3) is 0 Å². The minimum atomic E-state index is -0.544. The van der Waals surface area contributed by atoms with E-state index in [-0.39, 0.29) is 16.9 Å². The number of hydrogen-bond donors (Lipinski definition) is 3. The van der Waals surface area contributed by atoms with Crippen molar-refractivity contribution in [2.24, 2.45) is 5.84 Å². The smallest absolute Gasteiger partial charge is 0.287 e. The van der Waals surface area contributed by atoms with Crippen molar-refractivity contribution in [3.05, 3.63) is 29.7 Å². The fourth-order valence-electron chi connectivity index (χ4n) is 1.44. The Kier molecular flexibility index (Phi) is 4.38. The maximum Gasteiger partial charge on any atom is 0.287 e. The lowest BCUT2D eigenvalue weighted by Crippen LogP contribution is -2.32. The second kappa shape index (κ2) is 5.59. The van der Waals surface area contributed by atoms with Gasteiger partial charge in [0.05, 0.1) is 11.9 Å². The molecule has 0 aliphatic carbocycles. The van der Waals surface area contributed by atoms with Gasteiger partial charge in [-0.3, -0.25) is 10.2 Å². The van der Waals surface area contributed by atoms with Crippen LogP contribution in [0.15, 0.2) is 18.3 Å². The summed E-state index contributed by atoms with van der Waals surface area (Å²) in [6, 6.07) is 0. The molecule has 0 atom stereocenters. The molecule has 18 heavy (non-hydrogen) atoms. The molecule has 0 aliphatic heterocycles. The van der Waals surface area contributed by atoms with Crippen molar-refractivity contribution in [1.82, 2.24) is 15.4 Å². The average Bonchev–Trinajstić information content (AvgIpc) is 2.35. The first-order valence-corrected chi connectivity index (χ1v) is 5.74. The van der Waals surface area contributed by atoms with E-state index in [4.69, 9.17) is 11.6 Å². The Hall–Kier alpha value is -1.95. The van der Waals surface area contributed by atoms with Crippen LogP contribution in [0.5, 0.6) is 0 Å². The molecule has 0 aliphatic rings. The van der Waals surface area contributed by atoms with E-state index in [9.17, 15) is 4.79 Å². The third kappa shape index (κ3) is 3.04. The molecular formula is C12H19N5O. The van der Waals surface area contributed by atoms with Gasteiger partial charge in [0.25, 0.3) is 5.91 Å². The van der Waals surface area contributed by atoms with Crippen LogP contribution in [0, 0.1) is 0 Å². The normalized spacial score (nSPS) is 11.8. The van der Waals surface area contributed by atoms with Crippen LogP contribution in [0.2, 0.25) is 0 Å². The van der Waals surface area contributed by atoms with Crippen molar-refractivity contribution in [3.63, 3.8) is 0 Å². The highest BCUT2D eigenvalue weighted by Gasteiger charge is 2.22. The number of allylic oxidation sites excluding steroid dienone is 2. The molecule has 0 radical (unpaired) electrons. The van der Waals surface area contributed by atoms with E-state index in [1.54, 1.807) is 6.20 Å². The standard InChI is InChI=1S/C12H19N5O/c1-4-5-6-12(2,3)8-7-15-10(13)9(16-8)11(18)17-14/h5-7H,4,14H2,1-3H3,(H2,13,15)(H,17,18)/b6-5-. The number of nitrogens with one attached hydrogen (secondary N) is 1. The predicted octanol–water partition coefficient (Wildman–Crippen LogP) is 0.906. The van der Waals surface area contributed by atoms with E-state index in [0.29, 0.717) is 5.69 Å². The second-order valence-corrected chi connectivity index (χ2v) is 4.49. The third-order valence-corrected chi connectivity index (χ3v) is 2.58. The largest absolute Gasteiger partial charge is 0.382 e. The minimum Gasteiger partial charge on any atom is -0.382 e. The van der Waals surface area contributed by atoms with E-state index >= 15 is 0 Å². The highest BCUT2D eigenvalue weighted by atomic mass is 16.2. The SMILES string of the molecule is CC/C=C\C(C)(C)c1cnc(N)c(C(=O)NN)n1. The first kappa shape index (κ1) is 14.1. The maximum absolute atomic E-state index is 11.5. The van der Waals surface area contributed by atoms with Crippen molar-refractivity contribution < 1.29 is 4.79 Å². The van der Waals surface area contributed by atoms with Crippen molar-refractivity contribution >= 4 is 11.7 Å². The summed E-state index contributed by atoms with van der Waals surface area (Å²) in [5.74, 6) is 4.60. The van der Waals surface area contributed by atoms with Gasteiger partial charge in [0.15, 0.2) is 11.5 Å². The molecule has 5 N–H and O–H groups in total. The second-order valence-electron chi connectivity index (χ2n) is 4.49. The zero-order chi connectivity index (χ0) is 13.8. The van der Waals surface area contributed by atoms with Crippen LogP contribution >= 0.6 is 0 Å². The van der Waals surface area contributed by atoms with E-state index in [2.05, 4.69) is 16.9 Å². The quantitative estimate of drug-likeness (QED) is 0.318. The van der Waals surface area contributed by atoms with Gasteiger partial charge < -0.3 is 5.73 Å². The molecule has 6 nitrogen and oxygen atoms in total. The zero-order valence-corrected chi connectivity index (χ0v) is 10.9. The molecule has 1 rings (SSSR count). The number of amides is 1. The highest BCUT2D eigenvalue weighted by Crippen LogP contribution is 2.23. The molecule has 0 saturated heterocycles. The van der Waals surface area contributed by atoms with E-state index in [1.165, 1.54) is 0 Å². The van der Waals surface area contributed by atoms with E-state index < -0.39 is 5.91 Å². The zero-order valence-electron chi connectivity index (χ0n) is 10.9. The Labute approximate surface area is 106 Å². The fraction of sp³-hybridized carbons (Fsp3) is 0.417. The van der Waals surface area contributed by atoms with Crippen molar-refractivity contribution in [2.45, 2.75) is 32.6 Å². The lowest BCUT2D eigenvalue weighted by atomic mass is 9.89. The van der Waals surface area contributed by atoms with E-state index in [0.717, 1.165) is 6.42 Å². The van der Waals surface area contributed by atoms with Crippen LogP contribution in [-0.4, -0.2) is 15.9 Å². The summed E-state index contributed by atoms with van der Waals surface area (Å²) in [6.07, 6.45) is 6.57. The molecule has 0 fully saturated rings. The molecule has 1 aromatic rings. The average molecular weight is 249 g/mol. The summed E-state index contributed by atoms with van der Waals surface area (Å²) < 4.78 is 0. The molecule has 0 bridgehead atoms. The molecular weight excluding hydrogens is 230 g/mol. The highest BCUT2D eigenvalue weighted by molar-refractivity contribution is 5.95. The predicted molar refractivity (Wildman–Crippen MR) is 70.6 cm³/mol. The number of nitrogens with two attached hydrogens (primary N) is 2. The Morgan fingerprint density at radius 3 is 2.78 bits per heavy atom. The summed E-state index contributed by atoms with van der Waals surface area (Å²) in [4.78, 5) is 19.7. The van der Waals surface area contributed by atoms with Crippen molar-refractivity contribution in [3.8, 4) is 0 Å². The summed E-state index contributed by atoms with van der Waals surface area (Å²) in [5, 5.41) is 0. The van der Waals surface area contributed by atoms with Gasteiger partial charge in [0.2, 0.25) is 0 Å². The number of aromatic nitrogens is 2. The number of carbonyl (C=O) groups is 1. The summed E-state index contributed by atoms with van der Waals surface area (Å²) in [6.45, 7) is 6.03. The Morgan fingerprint density at radius 2 is 2.22 bits per heavy atom. The molecule has 6 heteroatoms. The number of nitrogens with zero attached hydrogens (tertiary/aromatic N) is 2. The maximum atomic E-state index is 11.5. The third-order valence-electron chi connectivity index (χ3n) is 2.58. The van der Waals surface area contributed by atoms with Crippen LogP contribution in [0.3, 0.4) is 0 Å². The molecule has 1 amide bonds. The molecule has 98 valence electrons. The Bertz CT molecular complexity index is 468. The van der Waals surface area contributed by atoms with Crippen molar-refractivity contribution in [2.75, 3.05) is 5.73 Å². The first-order valence-electron chi connectivity index (χ1n) is 5.74. The van der Waals surface area contributed by atoms with Gasteiger partial charge in [0.1, 0.15) is 0 Å². The van der Waals surface area contributed by atoms with Gasteiger partial charge in [-0.1, -0.05) is 32.9 Å². The van der Waals surface area contributed by atoms with Gasteiger partial charge in [-0.05, 0) is 6.42 Å². The number of hydrogen-bond acceptors (Lipinski definition) is 5. The van der Waals surface area contributed by atoms with Gasteiger partial charge in [-0.25, -0.2) is 15.8 Å². The molecule has 1 aromatic heterocycles. The monoisotopic (exact) mass is 249 g/mol. The van der Waals surface area contributed by atoms with Gasteiger partial charge in [-0.2, -0.15) is 0 Å².